The van der Waals surface area contributed by atoms with Crippen LogP contribution in [0.25, 0.3) is 0 Å². The summed E-state index contributed by atoms with van der Waals surface area (Å²) < 4.78 is 0. The molecule has 0 rings (SSSR count). The van der Waals surface area contributed by atoms with Crippen LogP contribution >= 0.6 is 0 Å². The van der Waals surface area contributed by atoms with E-state index in [4.69, 9.17) is 11.1 Å². The van der Waals surface area contributed by atoms with Crippen LogP contribution in [0.2, 0.25) is 0 Å². The maximum Gasteiger partial charge on any atom is 0.0942 e. The van der Waals surface area contributed by atoms with E-state index in [9.17, 15) is 0 Å². The van der Waals surface area contributed by atoms with Crippen LogP contribution < -0.4 is 5.73 Å². The first-order valence-corrected chi connectivity index (χ1v) is 4.88. The molecule has 0 aromatic carbocycles. The average Bonchev–Trinajstić information content (AvgIpc) is 1.77. The number of hydrogen-bond donors (Lipinski definition) is 2. The third-order valence-corrected chi connectivity index (χ3v) is 2.24. The van der Waals surface area contributed by atoms with Crippen molar-refractivity contribution in [1.29, 1.82) is 5.41 Å². The van der Waals surface area contributed by atoms with Crippen molar-refractivity contribution in [2.24, 2.45) is 22.5 Å². The van der Waals surface area contributed by atoms with Crippen LogP contribution in [0.4, 0.5) is 0 Å². The maximum absolute atomic E-state index is 7.56. The minimum Gasteiger partial charge on any atom is -0.387 e. The minimum absolute atomic E-state index is 0.0963. The van der Waals surface area contributed by atoms with Crippen molar-refractivity contribution < 1.29 is 0 Å². The summed E-state index contributed by atoms with van der Waals surface area (Å²) in [5.74, 6) is 0.509. The fourth-order valence-corrected chi connectivity index (χ4v) is 1.50. The fourth-order valence-electron chi connectivity index (χ4n) is 1.50. The largest absolute Gasteiger partial charge is 0.387 e. The van der Waals surface area contributed by atoms with Gasteiger partial charge in [-0.2, -0.15) is 0 Å². The van der Waals surface area contributed by atoms with Crippen LogP contribution in [0.5, 0.6) is 0 Å². The first-order chi connectivity index (χ1) is 5.54. The molecule has 0 aromatic heterocycles. The summed E-state index contributed by atoms with van der Waals surface area (Å²) in [7, 11) is 0. The summed E-state index contributed by atoms with van der Waals surface area (Å²) in [6.45, 7) is 13.0. The lowest BCUT2D eigenvalue weighted by atomic mass is 9.71. The van der Waals surface area contributed by atoms with Gasteiger partial charge in [-0.15, -0.1) is 0 Å². The first-order valence-electron chi connectivity index (χ1n) is 4.88. The normalized spacial score (nSPS) is 15.5. The Bertz CT molecular complexity index is 181. The van der Waals surface area contributed by atoms with E-state index in [2.05, 4.69) is 41.5 Å². The Kier molecular flexibility index (Phi) is 3.54. The van der Waals surface area contributed by atoms with Gasteiger partial charge in [-0.05, 0) is 17.3 Å². The fraction of sp³-hybridized carbons (Fsp3) is 0.909. The van der Waals surface area contributed by atoms with Crippen molar-refractivity contribution in [3.05, 3.63) is 0 Å². The van der Waals surface area contributed by atoms with Crippen LogP contribution in [0, 0.1) is 22.2 Å². The summed E-state index contributed by atoms with van der Waals surface area (Å²) in [6, 6.07) is 0. The van der Waals surface area contributed by atoms with Crippen LogP contribution in [0.1, 0.15) is 48.0 Å². The predicted octanol–water partition coefficient (Wildman–Crippen LogP) is 3.02. The Hall–Kier alpha value is -0.530. The Morgan fingerprint density at radius 1 is 1.15 bits per heavy atom. The smallest absolute Gasteiger partial charge is 0.0942 e. The van der Waals surface area contributed by atoms with Gasteiger partial charge in [-0.1, -0.05) is 41.5 Å². The lowest BCUT2D eigenvalue weighted by Crippen LogP contribution is -2.36. The highest BCUT2D eigenvalue weighted by Gasteiger charge is 2.30. The van der Waals surface area contributed by atoms with Gasteiger partial charge in [0.2, 0.25) is 0 Å². The van der Waals surface area contributed by atoms with Crippen molar-refractivity contribution in [3.8, 4) is 0 Å². The molecule has 0 fully saturated rings. The molecule has 0 aliphatic heterocycles. The summed E-state index contributed by atoms with van der Waals surface area (Å²) >= 11 is 0. The van der Waals surface area contributed by atoms with E-state index in [0.29, 0.717) is 5.84 Å². The van der Waals surface area contributed by atoms with Crippen LogP contribution in [-0.2, 0) is 0 Å². The molecular formula is C11H24N2. The first kappa shape index (κ1) is 12.5. The predicted molar refractivity (Wildman–Crippen MR) is 58.9 cm³/mol. The highest BCUT2D eigenvalue weighted by atomic mass is 14.7. The van der Waals surface area contributed by atoms with Gasteiger partial charge in [0, 0.05) is 5.92 Å². The number of hydrogen-bond acceptors (Lipinski definition) is 1. The van der Waals surface area contributed by atoms with Crippen molar-refractivity contribution >= 4 is 5.84 Å². The molecule has 0 amide bonds. The third-order valence-electron chi connectivity index (χ3n) is 2.24. The molecule has 78 valence electrons. The highest BCUT2D eigenvalue weighted by Crippen LogP contribution is 2.35. The SMILES string of the molecule is CC(C)(C)CC(C(=N)N)C(C)(C)C. The molecule has 0 aliphatic carbocycles. The second-order valence-corrected chi connectivity index (χ2v) is 6.14. The molecule has 3 N–H and O–H groups in total. The summed E-state index contributed by atoms with van der Waals surface area (Å²) in [6.07, 6.45) is 0.978. The van der Waals surface area contributed by atoms with Gasteiger partial charge in [-0.3, -0.25) is 5.41 Å². The molecule has 0 saturated carbocycles. The molecule has 2 heteroatoms. The molecule has 1 unspecified atom stereocenters. The quantitative estimate of drug-likeness (QED) is 0.503. The van der Waals surface area contributed by atoms with E-state index in [-0.39, 0.29) is 16.7 Å². The lowest BCUT2D eigenvalue weighted by molar-refractivity contribution is 0.220. The maximum atomic E-state index is 7.56. The molecular weight excluding hydrogens is 160 g/mol. The van der Waals surface area contributed by atoms with E-state index in [1.54, 1.807) is 0 Å². The van der Waals surface area contributed by atoms with Crippen LogP contribution in [-0.4, -0.2) is 5.84 Å². The molecule has 0 saturated heterocycles. The zero-order chi connectivity index (χ0) is 10.9. The number of nitrogens with one attached hydrogen (secondary N) is 1. The van der Waals surface area contributed by atoms with Gasteiger partial charge < -0.3 is 5.73 Å². The summed E-state index contributed by atoms with van der Waals surface area (Å²) in [4.78, 5) is 0. The van der Waals surface area contributed by atoms with Crippen molar-refractivity contribution in [2.75, 3.05) is 0 Å². The minimum atomic E-state index is 0.0963. The summed E-state index contributed by atoms with van der Waals surface area (Å²) in [5, 5.41) is 7.56. The summed E-state index contributed by atoms with van der Waals surface area (Å²) in [5.41, 5.74) is 5.95. The number of nitrogens with two attached hydrogens (primary N) is 1. The van der Waals surface area contributed by atoms with Gasteiger partial charge in [0.15, 0.2) is 0 Å². The van der Waals surface area contributed by atoms with Crippen LogP contribution in [0.3, 0.4) is 0 Å². The molecule has 0 heterocycles. The zero-order valence-electron chi connectivity index (χ0n) is 9.86. The molecule has 2 nitrogen and oxygen atoms in total. The Balaban J connectivity index is 4.56. The molecule has 1 atom stereocenters. The van der Waals surface area contributed by atoms with E-state index in [0.717, 1.165) is 6.42 Å². The van der Waals surface area contributed by atoms with Gasteiger partial charge >= 0.3 is 0 Å². The Morgan fingerprint density at radius 3 is 1.62 bits per heavy atom. The average molecular weight is 184 g/mol. The van der Waals surface area contributed by atoms with Gasteiger partial charge in [-0.25, -0.2) is 0 Å². The molecule has 0 aromatic rings. The van der Waals surface area contributed by atoms with E-state index < -0.39 is 0 Å². The number of amidine groups is 1. The second kappa shape index (κ2) is 3.69. The highest BCUT2D eigenvalue weighted by molar-refractivity contribution is 5.80. The molecule has 13 heavy (non-hydrogen) atoms. The van der Waals surface area contributed by atoms with Gasteiger partial charge in [0.1, 0.15) is 0 Å². The number of rotatable bonds is 2. The van der Waals surface area contributed by atoms with E-state index in [1.165, 1.54) is 0 Å². The molecule has 0 bridgehead atoms. The third kappa shape index (κ3) is 4.91. The van der Waals surface area contributed by atoms with Gasteiger partial charge in [0.05, 0.1) is 5.84 Å². The topological polar surface area (TPSA) is 49.9 Å². The van der Waals surface area contributed by atoms with Gasteiger partial charge in [0.25, 0.3) is 0 Å². The molecule has 0 radical (unpaired) electrons. The van der Waals surface area contributed by atoms with Crippen molar-refractivity contribution in [1.82, 2.24) is 0 Å². The van der Waals surface area contributed by atoms with Crippen LogP contribution in [0.15, 0.2) is 0 Å². The Labute approximate surface area is 82.4 Å². The molecule has 0 aliphatic rings. The van der Waals surface area contributed by atoms with E-state index in [1.807, 2.05) is 0 Å². The monoisotopic (exact) mass is 184 g/mol. The standard InChI is InChI=1S/C11H24N2/c1-10(2,3)7-8(9(12)13)11(4,5)6/h8H,7H2,1-6H3,(H3,12,13). The Morgan fingerprint density at radius 2 is 1.54 bits per heavy atom. The van der Waals surface area contributed by atoms with E-state index >= 15 is 0 Å². The van der Waals surface area contributed by atoms with Crippen molar-refractivity contribution in [3.63, 3.8) is 0 Å². The lowest BCUT2D eigenvalue weighted by Gasteiger charge is -2.34. The van der Waals surface area contributed by atoms with Crippen molar-refractivity contribution in [2.45, 2.75) is 48.0 Å². The molecule has 0 spiro atoms. The zero-order valence-corrected chi connectivity index (χ0v) is 9.86. The second-order valence-electron chi connectivity index (χ2n) is 6.14.